The summed E-state index contributed by atoms with van der Waals surface area (Å²) in [4.78, 5) is 13.8. The molecule has 1 N–H and O–H groups in total. The largest absolute Gasteiger partial charge is 0.465 e. The van der Waals surface area contributed by atoms with Crippen molar-refractivity contribution in [1.82, 2.24) is 10.2 Å². The average Bonchev–Trinajstić information content (AvgIpc) is 2.83. The Morgan fingerprint density at radius 1 is 1.24 bits per heavy atom. The molecule has 21 heavy (non-hydrogen) atoms. The van der Waals surface area contributed by atoms with Crippen LogP contribution in [-0.4, -0.2) is 24.4 Å². The Kier molecular flexibility index (Phi) is 5.42. The van der Waals surface area contributed by atoms with Crippen molar-refractivity contribution in [2.24, 2.45) is 0 Å². The zero-order chi connectivity index (χ0) is 15.2. The second-order valence-corrected chi connectivity index (χ2v) is 5.52. The summed E-state index contributed by atoms with van der Waals surface area (Å²) in [7, 11) is 1.89. The highest BCUT2D eigenvalue weighted by molar-refractivity contribution is 6.30. The number of aryl methyl sites for hydroxylation is 1. The smallest absolute Gasteiger partial charge is 0.234 e. The summed E-state index contributed by atoms with van der Waals surface area (Å²) in [6, 6.07) is 11.3. The van der Waals surface area contributed by atoms with E-state index in [1.165, 1.54) is 0 Å². The first kappa shape index (κ1) is 15.6. The van der Waals surface area contributed by atoms with Gasteiger partial charge in [-0.05, 0) is 43.8 Å². The van der Waals surface area contributed by atoms with E-state index < -0.39 is 0 Å². The summed E-state index contributed by atoms with van der Waals surface area (Å²) in [6.45, 7) is 3.35. The van der Waals surface area contributed by atoms with Crippen LogP contribution < -0.4 is 5.32 Å². The minimum absolute atomic E-state index is 0.0178. The molecule has 1 amide bonds. The van der Waals surface area contributed by atoms with E-state index in [1.54, 1.807) is 0 Å². The van der Waals surface area contributed by atoms with Crippen molar-refractivity contribution in [1.29, 1.82) is 0 Å². The fourth-order valence-electron chi connectivity index (χ4n) is 2.00. The van der Waals surface area contributed by atoms with Gasteiger partial charge in [0.15, 0.2) is 0 Å². The minimum atomic E-state index is -0.0178. The van der Waals surface area contributed by atoms with Crippen molar-refractivity contribution in [2.45, 2.75) is 20.0 Å². The second kappa shape index (κ2) is 7.29. The van der Waals surface area contributed by atoms with Gasteiger partial charge >= 0.3 is 0 Å². The molecule has 0 bridgehead atoms. The number of carbonyl (C=O) groups excluding carboxylic acids is 1. The van der Waals surface area contributed by atoms with Gasteiger partial charge in [0.1, 0.15) is 11.5 Å². The van der Waals surface area contributed by atoms with Crippen molar-refractivity contribution in [3.05, 3.63) is 58.5 Å². The molecule has 0 aliphatic heterocycles. The van der Waals surface area contributed by atoms with Crippen molar-refractivity contribution < 1.29 is 9.21 Å². The molecular formula is C16H19ClN2O2. The topological polar surface area (TPSA) is 45.5 Å². The number of nitrogens with zero attached hydrogens (tertiary/aromatic N) is 1. The lowest BCUT2D eigenvalue weighted by Crippen LogP contribution is -2.34. The second-order valence-electron chi connectivity index (χ2n) is 5.09. The zero-order valence-corrected chi connectivity index (χ0v) is 13.0. The molecule has 0 fully saturated rings. The van der Waals surface area contributed by atoms with E-state index in [0.29, 0.717) is 24.7 Å². The molecule has 0 aliphatic rings. The number of benzene rings is 1. The van der Waals surface area contributed by atoms with Gasteiger partial charge in [-0.1, -0.05) is 23.7 Å². The lowest BCUT2D eigenvalue weighted by Gasteiger charge is -2.14. The first-order valence-electron chi connectivity index (χ1n) is 6.78. The molecule has 5 heteroatoms. The SMILES string of the molecule is Cc1ccc(CN(C)CC(=O)NCc2ccc(Cl)cc2)o1. The van der Waals surface area contributed by atoms with Gasteiger partial charge in [0.2, 0.25) is 5.91 Å². The number of halogens is 1. The molecule has 4 nitrogen and oxygen atoms in total. The number of carbonyl (C=O) groups is 1. The molecule has 1 heterocycles. The van der Waals surface area contributed by atoms with Crippen LogP contribution in [-0.2, 0) is 17.9 Å². The monoisotopic (exact) mass is 306 g/mol. The third kappa shape index (κ3) is 5.25. The molecule has 112 valence electrons. The highest BCUT2D eigenvalue weighted by Gasteiger charge is 2.08. The number of furan rings is 1. The van der Waals surface area contributed by atoms with Crippen molar-refractivity contribution in [2.75, 3.05) is 13.6 Å². The summed E-state index contributed by atoms with van der Waals surface area (Å²) in [5.41, 5.74) is 1.03. The Labute approximate surface area is 129 Å². The van der Waals surface area contributed by atoms with Crippen LogP contribution in [0.3, 0.4) is 0 Å². The van der Waals surface area contributed by atoms with E-state index in [0.717, 1.165) is 17.1 Å². The Balaban J connectivity index is 1.74. The van der Waals surface area contributed by atoms with Crippen LogP contribution in [0.2, 0.25) is 5.02 Å². The Morgan fingerprint density at radius 3 is 2.57 bits per heavy atom. The Bertz CT molecular complexity index is 593. The average molecular weight is 307 g/mol. The summed E-state index contributed by atoms with van der Waals surface area (Å²) in [5, 5.41) is 3.58. The molecule has 0 saturated heterocycles. The molecule has 0 spiro atoms. The molecule has 0 unspecified atom stereocenters. The van der Waals surface area contributed by atoms with Crippen LogP contribution in [0.5, 0.6) is 0 Å². The van der Waals surface area contributed by atoms with E-state index in [2.05, 4.69) is 5.32 Å². The lowest BCUT2D eigenvalue weighted by molar-refractivity contribution is -0.122. The maximum Gasteiger partial charge on any atom is 0.234 e. The third-order valence-electron chi connectivity index (χ3n) is 3.04. The number of hydrogen-bond acceptors (Lipinski definition) is 3. The van der Waals surface area contributed by atoms with Gasteiger partial charge in [0, 0.05) is 11.6 Å². The summed E-state index contributed by atoms with van der Waals surface area (Å²) in [6.07, 6.45) is 0. The number of likely N-dealkylation sites (N-methyl/N-ethyl adjacent to an activating group) is 1. The van der Waals surface area contributed by atoms with Gasteiger partial charge in [-0.15, -0.1) is 0 Å². The minimum Gasteiger partial charge on any atom is -0.465 e. The normalized spacial score (nSPS) is 10.9. The van der Waals surface area contributed by atoms with Crippen LogP contribution in [0.15, 0.2) is 40.8 Å². The highest BCUT2D eigenvalue weighted by atomic mass is 35.5. The summed E-state index contributed by atoms with van der Waals surface area (Å²) in [5.74, 6) is 1.72. The number of amides is 1. The number of hydrogen-bond donors (Lipinski definition) is 1. The van der Waals surface area contributed by atoms with Gasteiger partial charge in [-0.2, -0.15) is 0 Å². The molecule has 0 radical (unpaired) electrons. The van der Waals surface area contributed by atoms with E-state index in [4.69, 9.17) is 16.0 Å². The number of rotatable bonds is 6. The van der Waals surface area contributed by atoms with Crippen molar-refractivity contribution in [3.63, 3.8) is 0 Å². The predicted molar refractivity (Wildman–Crippen MR) is 83.1 cm³/mol. The van der Waals surface area contributed by atoms with Crippen LogP contribution >= 0.6 is 11.6 Å². The van der Waals surface area contributed by atoms with Gasteiger partial charge < -0.3 is 9.73 Å². The van der Waals surface area contributed by atoms with Crippen molar-refractivity contribution >= 4 is 17.5 Å². The number of nitrogens with one attached hydrogen (secondary N) is 1. The molecule has 1 aromatic heterocycles. The van der Waals surface area contributed by atoms with E-state index in [1.807, 2.05) is 55.3 Å². The van der Waals surface area contributed by atoms with Gasteiger partial charge in [0.05, 0.1) is 13.1 Å². The quantitative estimate of drug-likeness (QED) is 0.892. The van der Waals surface area contributed by atoms with Crippen molar-refractivity contribution in [3.8, 4) is 0 Å². The molecule has 0 aliphatic carbocycles. The lowest BCUT2D eigenvalue weighted by atomic mass is 10.2. The van der Waals surface area contributed by atoms with Crippen LogP contribution in [0.4, 0.5) is 0 Å². The first-order chi connectivity index (χ1) is 10.0. The maximum absolute atomic E-state index is 11.9. The molecule has 1 aromatic carbocycles. The first-order valence-corrected chi connectivity index (χ1v) is 7.16. The summed E-state index contributed by atoms with van der Waals surface area (Å²) < 4.78 is 5.49. The molecule has 0 atom stereocenters. The van der Waals surface area contributed by atoms with Gasteiger partial charge in [-0.25, -0.2) is 0 Å². The van der Waals surface area contributed by atoms with Crippen LogP contribution in [0.1, 0.15) is 17.1 Å². The van der Waals surface area contributed by atoms with Gasteiger partial charge in [-0.3, -0.25) is 9.69 Å². The molecular weight excluding hydrogens is 288 g/mol. The maximum atomic E-state index is 11.9. The van der Waals surface area contributed by atoms with E-state index in [9.17, 15) is 4.79 Å². The van der Waals surface area contributed by atoms with Crippen LogP contribution in [0.25, 0.3) is 0 Å². The fourth-order valence-corrected chi connectivity index (χ4v) is 2.12. The van der Waals surface area contributed by atoms with E-state index in [-0.39, 0.29) is 5.91 Å². The van der Waals surface area contributed by atoms with E-state index >= 15 is 0 Å². The van der Waals surface area contributed by atoms with Gasteiger partial charge in [0.25, 0.3) is 0 Å². The highest BCUT2D eigenvalue weighted by Crippen LogP contribution is 2.10. The molecule has 2 rings (SSSR count). The fraction of sp³-hybridized carbons (Fsp3) is 0.312. The molecule has 0 saturated carbocycles. The zero-order valence-electron chi connectivity index (χ0n) is 12.2. The third-order valence-corrected chi connectivity index (χ3v) is 3.29. The van der Waals surface area contributed by atoms with Crippen LogP contribution in [0, 0.1) is 6.92 Å². The Morgan fingerprint density at radius 2 is 1.95 bits per heavy atom. The predicted octanol–water partition coefficient (Wildman–Crippen LogP) is 2.99. The molecule has 2 aromatic rings. The standard InChI is InChI=1S/C16H19ClN2O2/c1-12-3-8-15(21-12)10-19(2)11-16(20)18-9-13-4-6-14(17)7-5-13/h3-8H,9-11H2,1-2H3,(H,18,20). The Hall–Kier alpha value is -1.78. The summed E-state index contributed by atoms with van der Waals surface area (Å²) >= 11 is 5.82.